The number of halogens is 3. The van der Waals surface area contributed by atoms with Gasteiger partial charge in [-0.1, -0.05) is 42.5 Å². The highest BCUT2D eigenvalue weighted by Gasteiger charge is 2.36. The highest BCUT2D eigenvalue weighted by atomic mass is 79.9. The fourth-order valence-corrected chi connectivity index (χ4v) is 4.61. The topological polar surface area (TPSA) is 20.3 Å². The first kappa shape index (κ1) is 16.6. The lowest BCUT2D eigenvalue weighted by Crippen LogP contribution is -2.39. The third-order valence-electron chi connectivity index (χ3n) is 4.96. The van der Waals surface area contributed by atoms with E-state index in [1.807, 2.05) is 12.1 Å². The molecule has 1 heterocycles. The second kappa shape index (κ2) is 7.11. The zero-order valence-corrected chi connectivity index (χ0v) is 15.6. The van der Waals surface area contributed by atoms with Crippen molar-refractivity contribution in [1.29, 1.82) is 0 Å². The van der Waals surface area contributed by atoms with Gasteiger partial charge < -0.3 is 4.90 Å². The molecule has 120 valence electrons. The maximum absolute atomic E-state index is 12.7. The fraction of sp³-hybridized carbons (Fsp3) is 0.588. The minimum absolute atomic E-state index is 0.0197. The van der Waals surface area contributed by atoms with E-state index >= 15 is 0 Å². The van der Waals surface area contributed by atoms with Crippen LogP contribution >= 0.6 is 39.1 Å². The van der Waals surface area contributed by atoms with Crippen molar-refractivity contribution in [3.63, 3.8) is 0 Å². The molecule has 22 heavy (non-hydrogen) atoms. The molecule has 1 aliphatic carbocycles. The molecule has 1 saturated carbocycles. The molecule has 0 radical (unpaired) electrons. The smallest absolute Gasteiger partial charge is 0.226 e. The van der Waals surface area contributed by atoms with E-state index in [1.54, 1.807) is 0 Å². The van der Waals surface area contributed by atoms with Crippen LogP contribution in [0.15, 0.2) is 16.6 Å². The Morgan fingerprint density at radius 2 is 1.86 bits per heavy atom. The average molecular weight is 405 g/mol. The molecule has 0 aromatic heterocycles. The van der Waals surface area contributed by atoms with Gasteiger partial charge >= 0.3 is 0 Å². The fourth-order valence-electron chi connectivity index (χ4n) is 3.71. The van der Waals surface area contributed by atoms with Crippen molar-refractivity contribution < 1.29 is 4.79 Å². The normalized spacial score (nSPS) is 23.3. The van der Waals surface area contributed by atoms with Gasteiger partial charge in [-0.05, 0) is 59.3 Å². The molecule has 1 saturated heterocycles. The van der Waals surface area contributed by atoms with Crippen LogP contribution in [-0.2, 0) is 11.2 Å². The van der Waals surface area contributed by atoms with Crippen LogP contribution in [0, 0.1) is 5.92 Å². The molecular formula is C17H20BrCl2NO. The number of likely N-dealkylation sites (tertiary alicyclic amines) is 1. The molecule has 1 aliphatic heterocycles. The summed E-state index contributed by atoms with van der Waals surface area (Å²) in [5.74, 6) is 0.310. The number of carbonyl (C=O) groups excluding carboxylic acids is 1. The van der Waals surface area contributed by atoms with Crippen LogP contribution in [-0.4, -0.2) is 23.4 Å². The van der Waals surface area contributed by atoms with Gasteiger partial charge in [-0.15, -0.1) is 0 Å². The lowest BCUT2D eigenvalue weighted by Gasteiger charge is -2.31. The molecule has 3 rings (SSSR count). The molecule has 5 heteroatoms. The van der Waals surface area contributed by atoms with E-state index in [0.29, 0.717) is 28.4 Å². The number of rotatable bonds is 3. The van der Waals surface area contributed by atoms with Crippen molar-refractivity contribution in [2.24, 2.45) is 5.92 Å². The Morgan fingerprint density at radius 3 is 2.59 bits per heavy atom. The predicted octanol–water partition coefficient (Wildman–Crippen LogP) is 5.48. The first-order chi connectivity index (χ1) is 10.6. The predicted molar refractivity (Wildman–Crippen MR) is 94.6 cm³/mol. The van der Waals surface area contributed by atoms with Gasteiger partial charge in [0.2, 0.25) is 5.91 Å². The van der Waals surface area contributed by atoms with E-state index in [0.717, 1.165) is 35.8 Å². The van der Waals surface area contributed by atoms with Crippen molar-refractivity contribution in [3.8, 4) is 0 Å². The van der Waals surface area contributed by atoms with Gasteiger partial charge in [0.1, 0.15) is 0 Å². The van der Waals surface area contributed by atoms with Crippen molar-refractivity contribution in [2.75, 3.05) is 6.54 Å². The molecular weight excluding hydrogens is 385 g/mol. The Kier molecular flexibility index (Phi) is 5.36. The Labute approximate surface area is 150 Å². The SMILES string of the molecule is O=C1C(Cc2c(Cl)ccc(Br)c2Cl)CCN1C1CCCCC1. The van der Waals surface area contributed by atoms with Crippen molar-refractivity contribution >= 4 is 45.0 Å². The summed E-state index contributed by atoms with van der Waals surface area (Å²) in [5.41, 5.74) is 0.890. The van der Waals surface area contributed by atoms with Gasteiger partial charge in [0.25, 0.3) is 0 Å². The lowest BCUT2D eigenvalue weighted by atomic mass is 9.94. The number of benzene rings is 1. The van der Waals surface area contributed by atoms with Crippen LogP contribution < -0.4 is 0 Å². The highest BCUT2D eigenvalue weighted by molar-refractivity contribution is 9.10. The number of amides is 1. The van der Waals surface area contributed by atoms with Crippen molar-refractivity contribution in [3.05, 3.63) is 32.2 Å². The van der Waals surface area contributed by atoms with E-state index < -0.39 is 0 Å². The van der Waals surface area contributed by atoms with Crippen LogP contribution in [0.4, 0.5) is 0 Å². The van der Waals surface area contributed by atoms with Crippen LogP contribution in [0.3, 0.4) is 0 Å². The largest absolute Gasteiger partial charge is 0.339 e. The molecule has 0 spiro atoms. The summed E-state index contributed by atoms with van der Waals surface area (Å²) in [7, 11) is 0. The minimum Gasteiger partial charge on any atom is -0.339 e. The molecule has 0 N–H and O–H groups in total. The average Bonchev–Trinajstić information content (AvgIpc) is 2.89. The second-order valence-corrected chi connectivity index (χ2v) is 7.97. The van der Waals surface area contributed by atoms with Gasteiger partial charge in [0.05, 0.1) is 5.02 Å². The first-order valence-electron chi connectivity index (χ1n) is 8.01. The monoisotopic (exact) mass is 403 g/mol. The summed E-state index contributed by atoms with van der Waals surface area (Å²) in [6.07, 6.45) is 7.69. The third-order valence-corrected chi connectivity index (χ3v) is 6.63. The summed E-state index contributed by atoms with van der Waals surface area (Å²) < 4.78 is 0.836. The van der Waals surface area contributed by atoms with Crippen molar-refractivity contribution in [2.45, 2.75) is 51.0 Å². The van der Waals surface area contributed by atoms with Gasteiger partial charge in [-0.25, -0.2) is 0 Å². The van der Waals surface area contributed by atoms with Gasteiger partial charge in [0.15, 0.2) is 0 Å². The van der Waals surface area contributed by atoms with E-state index in [4.69, 9.17) is 23.2 Å². The molecule has 2 nitrogen and oxygen atoms in total. The summed E-state index contributed by atoms with van der Waals surface area (Å²) in [6, 6.07) is 4.14. The number of hydrogen-bond acceptors (Lipinski definition) is 1. The number of carbonyl (C=O) groups is 1. The minimum atomic E-state index is 0.0197. The maximum Gasteiger partial charge on any atom is 0.226 e. The van der Waals surface area contributed by atoms with E-state index in [2.05, 4.69) is 20.8 Å². The first-order valence-corrected chi connectivity index (χ1v) is 9.55. The molecule has 0 bridgehead atoms. The standard InChI is InChI=1S/C17H20BrCl2NO/c18-14-6-7-15(19)13(16(14)20)10-11-8-9-21(17(11)22)12-4-2-1-3-5-12/h6-7,11-12H,1-5,8-10H2. The molecule has 1 amide bonds. The third kappa shape index (κ3) is 3.32. The van der Waals surface area contributed by atoms with Gasteiger partial charge in [-0.2, -0.15) is 0 Å². The Balaban J connectivity index is 1.72. The summed E-state index contributed by atoms with van der Waals surface area (Å²) in [4.78, 5) is 14.9. The van der Waals surface area contributed by atoms with Crippen LogP contribution in [0.2, 0.25) is 10.0 Å². The zero-order valence-electron chi connectivity index (χ0n) is 12.5. The Bertz CT molecular complexity index is 572. The van der Waals surface area contributed by atoms with Gasteiger partial charge in [0, 0.05) is 28.0 Å². The van der Waals surface area contributed by atoms with E-state index in [1.165, 1.54) is 19.3 Å². The van der Waals surface area contributed by atoms with Crippen LogP contribution in [0.25, 0.3) is 0 Å². The molecule has 2 aliphatic rings. The summed E-state index contributed by atoms with van der Waals surface area (Å²) >= 11 is 16.1. The van der Waals surface area contributed by atoms with Crippen molar-refractivity contribution in [1.82, 2.24) is 4.90 Å². The summed E-state index contributed by atoms with van der Waals surface area (Å²) in [6.45, 7) is 0.886. The Morgan fingerprint density at radius 1 is 1.14 bits per heavy atom. The number of nitrogens with zero attached hydrogens (tertiary/aromatic N) is 1. The zero-order chi connectivity index (χ0) is 15.7. The molecule has 1 aromatic rings. The molecule has 1 atom stereocenters. The van der Waals surface area contributed by atoms with E-state index in [-0.39, 0.29) is 5.92 Å². The quantitative estimate of drug-likeness (QED) is 0.610. The van der Waals surface area contributed by atoms with Crippen LogP contribution in [0.1, 0.15) is 44.1 Å². The maximum atomic E-state index is 12.7. The van der Waals surface area contributed by atoms with Gasteiger partial charge in [-0.3, -0.25) is 4.79 Å². The highest BCUT2D eigenvalue weighted by Crippen LogP contribution is 2.36. The van der Waals surface area contributed by atoms with Crippen LogP contribution in [0.5, 0.6) is 0 Å². The summed E-state index contributed by atoms with van der Waals surface area (Å²) in [5, 5.41) is 1.29. The lowest BCUT2D eigenvalue weighted by molar-refractivity contribution is -0.133. The molecule has 1 aromatic carbocycles. The van der Waals surface area contributed by atoms with E-state index in [9.17, 15) is 4.79 Å². The number of hydrogen-bond donors (Lipinski definition) is 0. The second-order valence-electron chi connectivity index (χ2n) is 6.33. The molecule has 2 fully saturated rings. The Hall–Kier alpha value is -0.250. The molecule has 1 unspecified atom stereocenters.